The van der Waals surface area contributed by atoms with Crippen molar-refractivity contribution < 1.29 is 9.59 Å². The number of carbonyl (C=O) groups is 2. The number of hydrogen-bond acceptors (Lipinski definition) is 3. The molecule has 1 atom stereocenters. The fourth-order valence-electron chi connectivity index (χ4n) is 1.63. The number of amides is 2. The Kier molecular flexibility index (Phi) is 2.89. The number of carbonyl (C=O) groups excluding carboxylic acids is 2. The lowest BCUT2D eigenvalue weighted by Crippen LogP contribution is -2.24. The molecule has 0 radical (unpaired) electrons. The molecule has 1 unspecified atom stereocenters. The summed E-state index contributed by atoms with van der Waals surface area (Å²) in [5.74, 6) is -0.000552. The van der Waals surface area contributed by atoms with Gasteiger partial charge in [0.15, 0.2) is 5.82 Å². The van der Waals surface area contributed by atoms with Crippen LogP contribution in [0.3, 0.4) is 0 Å². The van der Waals surface area contributed by atoms with Crippen molar-refractivity contribution in [3.63, 3.8) is 0 Å². The summed E-state index contributed by atoms with van der Waals surface area (Å²) in [5.41, 5.74) is 0.968. The van der Waals surface area contributed by atoms with Gasteiger partial charge in [0, 0.05) is 24.7 Å². The quantitative estimate of drug-likeness (QED) is 0.675. The summed E-state index contributed by atoms with van der Waals surface area (Å²) in [6.45, 7) is 2.41. The minimum Gasteiger partial charge on any atom is -0.355 e. The number of nitrogens with one attached hydrogen (secondary N) is 3. The van der Waals surface area contributed by atoms with Crippen molar-refractivity contribution in [2.45, 2.75) is 19.8 Å². The van der Waals surface area contributed by atoms with Gasteiger partial charge >= 0.3 is 0 Å². The van der Waals surface area contributed by atoms with E-state index >= 15 is 0 Å². The third-order valence-electron chi connectivity index (χ3n) is 2.61. The van der Waals surface area contributed by atoms with Gasteiger partial charge in [0.05, 0.1) is 5.92 Å². The van der Waals surface area contributed by atoms with Gasteiger partial charge in [0.25, 0.3) is 0 Å². The van der Waals surface area contributed by atoms with E-state index in [2.05, 4.69) is 20.8 Å². The first-order valence-electron chi connectivity index (χ1n) is 5.31. The van der Waals surface area contributed by atoms with E-state index in [4.69, 9.17) is 0 Å². The third kappa shape index (κ3) is 2.21. The number of H-pyrrole nitrogens is 1. The molecule has 2 heterocycles. The minimum atomic E-state index is -0.283. The van der Waals surface area contributed by atoms with E-state index in [1.807, 2.05) is 6.92 Å². The van der Waals surface area contributed by atoms with Crippen molar-refractivity contribution in [3.8, 4) is 0 Å². The maximum Gasteiger partial charge on any atom is 0.230 e. The molecule has 1 aromatic rings. The Balaban J connectivity index is 1.94. The largest absolute Gasteiger partial charge is 0.355 e. The van der Waals surface area contributed by atoms with E-state index in [-0.39, 0.29) is 24.2 Å². The maximum atomic E-state index is 11.7. The Morgan fingerprint density at radius 1 is 1.69 bits per heavy atom. The molecule has 0 aliphatic carbocycles. The Morgan fingerprint density at radius 2 is 2.50 bits per heavy atom. The Morgan fingerprint density at radius 3 is 3.06 bits per heavy atom. The Labute approximate surface area is 92.8 Å². The van der Waals surface area contributed by atoms with Gasteiger partial charge < -0.3 is 10.6 Å². The van der Waals surface area contributed by atoms with Crippen LogP contribution in [0.4, 0.5) is 5.82 Å². The van der Waals surface area contributed by atoms with Crippen LogP contribution in [0.1, 0.15) is 19.0 Å². The molecule has 6 heteroatoms. The van der Waals surface area contributed by atoms with Gasteiger partial charge in [0.1, 0.15) is 0 Å². The molecular formula is C10H14N4O2. The molecule has 2 amide bonds. The predicted molar refractivity (Wildman–Crippen MR) is 57.7 cm³/mol. The molecule has 1 aliphatic rings. The van der Waals surface area contributed by atoms with Crippen LogP contribution in [-0.2, 0) is 16.0 Å². The molecule has 0 saturated carbocycles. The van der Waals surface area contributed by atoms with Gasteiger partial charge in [-0.25, -0.2) is 0 Å². The zero-order valence-electron chi connectivity index (χ0n) is 9.04. The van der Waals surface area contributed by atoms with E-state index in [1.165, 1.54) is 0 Å². The molecule has 3 N–H and O–H groups in total. The molecule has 1 aromatic heterocycles. The van der Waals surface area contributed by atoms with E-state index in [9.17, 15) is 9.59 Å². The second kappa shape index (κ2) is 4.34. The molecule has 0 bridgehead atoms. The highest BCUT2D eigenvalue weighted by molar-refractivity contribution is 5.96. The molecule has 1 saturated heterocycles. The summed E-state index contributed by atoms with van der Waals surface area (Å²) in [6, 6.07) is 1.79. The number of nitrogens with zero attached hydrogens (tertiary/aromatic N) is 1. The lowest BCUT2D eigenvalue weighted by atomic mass is 10.1. The summed E-state index contributed by atoms with van der Waals surface area (Å²) >= 11 is 0. The first kappa shape index (κ1) is 10.7. The third-order valence-corrected chi connectivity index (χ3v) is 2.61. The lowest BCUT2D eigenvalue weighted by Gasteiger charge is -2.05. The Hall–Kier alpha value is -1.85. The van der Waals surface area contributed by atoms with Crippen LogP contribution in [-0.4, -0.2) is 28.6 Å². The average Bonchev–Trinajstić information content (AvgIpc) is 2.87. The van der Waals surface area contributed by atoms with E-state index in [0.29, 0.717) is 12.4 Å². The van der Waals surface area contributed by atoms with Crippen LogP contribution in [0.15, 0.2) is 6.07 Å². The maximum absolute atomic E-state index is 11.7. The molecule has 16 heavy (non-hydrogen) atoms. The molecule has 2 rings (SSSR count). The van der Waals surface area contributed by atoms with Crippen LogP contribution in [0.5, 0.6) is 0 Å². The fraction of sp³-hybridized carbons (Fsp3) is 0.500. The van der Waals surface area contributed by atoms with Crippen molar-refractivity contribution >= 4 is 17.6 Å². The molecule has 1 fully saturated rings. The van der Waals surface area contributed by atoms with Crippen LogP contribution >= 0.6 is 0 Å². The first-order valence-corrected chi connectivity index (χ1v) is 5.31. The van der Waals surface area contributed by atoms with Gasteiger partial charge in [-0.15, -0.1) is 0 Å². The van der Waals surface area contributed by atoms with Crippen molar-refractivity contribution in [2.75, 3.05) is 11.9 Å². The van der Waals surface area contributed by atoms with E-state index < -0.39 is 0 Å². The monoisotopic (exact) mass is 222 g/mol. The standard InChI is InChI=1S/C10H14N4O2/c1-2-7-4-8(14-13-7)12-10(16)6-3-9(15)11-5-6/h4,6H,2-3,5H2,1H3,(H,11,15)(H2,12,13,14,16). The van der Waals surface area contributed by atoms with Crippen molar-refractivity contribution in [1.82, 2.24) is 15.5 Å². The normalized spacial score (nSPS) is 19.6. The van der Waals surface area contributed by atoms with E-state index in [0.717, 1.165) is 12.1 Å². The van der Waals surface area contributed by atoms with Gasteiger partial charge in [0.2, 0.25) is 11.8 Å². The van der Waals surface area contributed by atoms with Gasteiger partial charge in [-0.05, 0) is 6.42 Å². The highest BCUT2D eigenvalue weighted by Crippen LogP contribution is 2.13. The highest BCUT2D eigenvalue weighted by atomic mass is 16.2. The predicted octanol–water partition coefficient (Wildman–Crippen LogP) is 0.0467. The van der Waals surface area contributed by atoms with Crippen LogP contribution in [0.25, 0.3) is 0 Å². The fourth-order valence-corrected chi connectivity index (χ4v) is 1.63. The molecule has 86 valence electrons. The summed E-state index contributed by atoms with van der Waals surface area (Å²) in [5, 5.41) is 12.1. The van der Waals surface area contributed by atoms with Gasteiger partial charge in [-0.1, -0.05) is 6.92 Å². The van der Waals surface area contributed by atoms with Crippen molar-refractivity contribution in [2.24, 2.45) is 5.92 Å². The molecule has 6 nitrogen and oxygen atoms in total. The highest BCUT2D eigenvalue weighted by Gasteiger charge is 2.28. The molecule has 0 spiro atoms. The number of aromatic nitrogens is 2. The molecular weight excluding hydrogens is 208 g/mol. The number of aromatic amines is 1. The summed E-state index contributed by atoms with van der Waals surface area (Å²) < 4.78 is 0. The number of anilines is 1. The van der Waals surface area contributed by atoms with E-state index in [1.54, 1.807) is 6.07 Å². The van der Waals surface area contributed by atoms with Gasteiger partial charge in [-0.3, -0.25) is 14.7 Å². The van der Waals surface area contributed by atoms with Gasteiger partial charge in [-0.2, -0.15) is 5.10 Å². The minimum absolute atomic E-state index is 0.0728. The Bertz CT molecular complexity index is 413. The van der Waals surface area contributed by atoms with Crippen LogP contribution in [0, 0.1) is 5.92 Å². The second-order valence-corrected chi connectivity index (χ2v) is 3.83. The topological polar surface area (TPSA) is 86.9 Å². The van der Waals surface area contributed by atoms with Crippen LogP contribution in [0.2, 0.25) is 0 Å². The second-order valence-electron chi connectivity index (χ2n) is 3.83. The van der Waals surface area contributed by atoms with Crippen LogP contribution < -0.4 is 10.6 Å². The number of aryl methyl sites for hydroxylation is 1. The SMILES string of the molecule is CCc1cc(NC(=O)C2CNC(=O)C2)n[nH]1. The first-order chi connectivity index (χ1) is 7.69. The lowest BCUT2D eigenvalue weighted by molar-refractivity contribution is -0.123. The number of rotatable bonds is 3. The van der Waals surface area contributed by atoms with Crippen molar-refractivity contribution in [1.29, 1.82) is 0 Å². The summed E-state index contributed by atoms with van der Waals surface area (Å²) in [7, 11) is 0. The smallest absolute Gasteiger partial charge is 0.230 e. The summed E-state index contributed by atoms with van der Waals surface area (Å²) in [4.78, 5) is 22.6. The molecule has 0 aromatic carbocycles. The molecule has 1 aliphatic heterocycles. The average molecular weight is 222 g/mol. The van der Waals surface area contributed by atoms with Crippen molar-refractivity contribution in [3.05, 3.63) is 11.8 Å². The zero-order chi connectivity index (χ0) is 11.5. The summed E-state index contributed by atoms with van der Waals surface area (Å²) in [6.07, 6.45) is 1.10. The zero-order valence-corrected chi connectivity index (χ0v) is 9.04. The number of hydrogen-bond donors (Lipinski definition) is 3.